The monoisotopic (exact) mass is 292 g/mol. The lowest BCUT2D eigenvalue weighted by Crippen LogP contribution is -2.31. The predicted molar refractivity (Wildman–Crippen MR) is 86.7 cm³/mol. The van der Waals surface area contributed by atoms with E-state index in [0.29, 0.717) is 17.8 Å². The highest BCUT2D eigenvalue weighted by Crippen LogP contribution is 2.21. The van der Waals surface area contributed by atoms with Gasteiger partial charge in [0.1, 0.15) is 11.6 Å². The standard InChI is InChI=1S/C18H16N2O2/c21-15-11-9-14(10-12-15)18(22)20-17-8-4-7-16(19-17)13-5-2-1-3-6-13/h1-3,5-7,9-12,21H,4,8H2,(H,19,20,22). The van der Waals surface area contributed by atoms with Gasteiger partial charge in [0, 0.05) is 12.0 Å². The highest BCUT2D eigenvalue weighted by Gasteiger charge is 2.13. The third-order valence-electron chi connectivity index (χ3n) is 3.43. The Bertz CT molecular complexity index is 731. The van der Waals surface area contributed by atoms with E-state index in [0.717, 1.165) is 17.7 Å². The Labute approximate surface area is 128 Å². The summed E-state index contributed by atoms with van der Waals surface area (Å²) in [6.45, 7) is 0. The summed E-state index contributed by atoms with van der Waals surface area (Å²) >= 11 is 0. The first kappa shape index (κ1) is 14.1. The number of amides is 1. The summed E-state index contributed by atoms with van der Waals surface area (Å²) in [6, 6.07) is 16.1. The van der Waals surface area contributed by atoms with Crippen molar-refractivity contribution in [2.24, 2.45) is 4.99 Å². The number of allylic oxidation sites excluding steroid dienone is 1. The Balaban J connectivity index is 1.75. The molecule has 110 valence electrons. The molecule has 0 saturated heterocycles. The molecule has 0 unspecified atom stereocenters. The molecule has 0 saturated carbocycles. The molecule has 2 aromatic carbocycles. The lowest BCUT2D eigenvalue weighted by molar-refractivity contribution is 0.0976. The van der Waals surface area contributed by atoms with E-state index in [1.807, 2.05) is 30.3 Å². The van der Waals surface area contributed by atoms with E-state index in [1.54, 1.807) is 12.1 Å². The maximum absolute atomic E-state index is 12.2. The molecule has 0 spiro atoms. The first-order valence-electron chi connectivity index (χ1n) is 7.16. The molecule has 22 heavy (non-hydrogen) atoms. The van der Waals surface area contributed by atoms with Crippen molar-refractivity contribution in [2.75, 3.05) is 0 Å². The van der Waals surface area contributed by atoms with Crippen molar-refractivity contribution >= 4 is 17.4 Å². The van der Waals surface area contributed by atoms with Gasteiger partial charge in [-0.1, -0.05) is 36.4 Å². The van der Waals surface area contributed by atoms with Crippen LogP contribution in [0.5, 0.6) is 5.75 Å². The minimum Gasteiger partial charge on any atom is -0.508 e. The fraction of sp³-hybridized carbons (Fsp3) is 0.111. The molecule has 0 fully saturated rings. The van der Waals surface area contributed by atoms with Crippen LogP contribution in [0.25, 0.3) is 5.70 Å². The number of nitrogens with one attached hydrogen (secondary N) is 1. The zero-order valence-corrected chi connectivity index (χ0v) is 12.0. The Morgan fingerprint density at radius 1 is 1.05 bits per heavy atom. The second-order valence-electron chi connectivity index (χ2n) is 5.05. The highest BCUT2D eigenvalue weighted by molar-refractivity contribution is 6.08. The number of aromatic hydroxyl groups is 1. The van der Waals surface area contributed by atoms with Gasteiger partial charge >= 0.3 is 0 Å². The zero-order chi connectivity index (χ0) is 15.4. The first-order valence-corrected chi connectivity index (χ1v) is 7.16. The third kappa shape index (κ3) is 3.23. The summed E-state index contributed by atoms with van der Waals surface area (Å²) < 4.78 is 0. The molecule has 0 radical (unpaired) electrons. The molecule has 1 aliphatic rings. The number of nitrogens with zero attached hydrogens (tertiary/aromatic N) is 1. The number of hydrogen-bond acceptors (Lipinski definition) is 3. The average molecular weight is 292 g/mol. The maximum atomic E-state index is 12.2. The molecular formula is C18H16N2O2. The van der Waals surface area contributed by atoms with Gasteiger partial charge in [0.15, 0.2) is 0 Å². The lowest BCUT2D eigenvalue weighted by atomic mass is 10.1. The molecule has 0 bridgehead atoms. The van der Waals surface area contributed by atoms with Gasteiger partial charge in [0.25, 0.3) is 5.91 Å². The molecule has 1 aliphatic heterocycles. The number of phenolic OH excluding ortho intramolecular Hbond substituents is 1. The van der Waals surface area contributed by atoms with E-state index in [4.69, 9.17) is 0 Å². The molecule has 2 aromatic rings. The van der Waals surface area contributed by atoms with Crippen LogP contribution in [0, 0.1) is 0 Å². The summed E-state index contributed by atoms with van der Waals surface area (Å²) in [5.74, 6) is 0.591. The maximum Gasteiger partial charge on any atom is 0.256 e. The molecule has 1 amide bonds. The topological polar surface area (TPSA) is 61.7 Å². The number of aliphatic imine (C=N–C) groups is 1. The summed E-state index contributed by atoms with van der Waals surface area (Å²) in [7, 11) is 0. The van der Waals surface area contributed by atoms with Crippen molar-refractivity contribution in [1.82, 2.24) is 5.32 Å². The summed E-state index contributed by atoms with van der Waals surface area (Å²) in [5.41, 5.74) is 2.42. The van der Waals surface area contributed by atoms with Crippen LogP contribution < -0.4 is 5.32 Å². The van der Waals surface area contributed by atoms with E-state index in [9.17, 15) is 9.90 Å². The Kier molecular flexibility index (Phi) is 4.01. The van der Waals surface area contributed by atoms with Crippen molar-refractivity contribution in [2.45, 2.75) is 12.8 Å². The molecule has 2 N–H and O–H groups in total. The number of carbonyl (C=O) groups is 1. The van der Waals surface area contributed by atoms with Crippen LogP contribution in [0.3, 0.4) is 0 Å². The van der Waals surface area contributed by atoms with Gasteiger partial charge in [-0.05, 0) is 36.2 Å². The molecule has 4 heteroatoms. The van der Waals surface area contributed by atoms with Gasteiger partial charge in [-0.15, -0.1) is 0 Å². The van der Waals surface area contributed by atoms with E-state index < -0.39 is 0 Å². The molecular weight excluding hydrogens is 276 g/mol. The van der Waals surface area contributed by atoms with Crippen LogP contribution in [-0.4, -0.2) is 16.8 Å². The van der Waals surface area contributed by atoms with E-state index >= 15 is 0 Å². The first-order chi connectivity index (χ1) is 10.7. The SMILES string of the molecule is O=C(NC1=NC(c2ccccc2)=CCC1)c1ccc(O)cc1. The largest absolute Gasteiger partial charge is 0.508 e. The number of rotatable bonds is 2. The number of hydrogen-bond donors (Lipinski definition) is 2. The summed E-state index contributed by atoms with van der Waals surface area (Å²) in [5, 5.41) is 12.1. The number of carbonyl (C=O) groups excluding carboxylic acids is 1. The van der Waals surface area contributed by atoms with Gasteiger partial charge in [-0.3, -0.25) is 4.79 Å². The minimum absolute atomic E-state index is 0.140. The fourth-order valence-corrected chi connectivity index (χ4v) is 2.29. The van der Waals surface area contributed by atoms with Crippen LogP contribution in [0.1, 0.15) is 28.8 Å². The molecule has 0 atom stereocenters. The quantitative estimate of drug-likeness (QED) is 0.891. The number of phenols is 1. The van der Waals surface area contributed by atoms with Crippen LogP contribution in [0.4, 0.5) is 0 Å². The second kappa shape index (κ2) is 6.26. The summed E-state index contributed by atoms with van der Waals surface area (Å²) in [6.07, 6.45) is 3.63. The van der Waals surface area contributed by atoms with Crippen LogP contribution >= 0.6 is 0 Å². The third-order valence-corrected chi connectivity index (χ3v) is 3.43. The molecule has 4 nitrogen and oxygen atoms in total. The fourth-order valence-electron chi connectivity index (χ4n) is 2.29. The predicted octanol–water partition coefficient (Wildman–Crippen LogP) is 3.36. The van der Waals surface area contributed by atoms with Crippen molar-refractivity contribution < 1.29 is 9.90 Å². The second-order valence-corrected chi connectivity index (χ2v) is 5.05. The minimum atomic E-state index is -0.215. The summed E-state index contributed by atoms with van der Waals surface area (Å²) in [4.78, 5) is 16.7. The van der Waals surface area contributed by atoms with Gasteiger partial charge in [0.05, 0.1) is 5.70 Å². The number of benzene rings is 2. The number of amidine groups is 1. The normalized spacial score (nSPS) is 14.0. The van der Waals surface area contributed by atoms with E-state index in [-0.39, 0.29) is 11.7 Å². The molecule has 0 aliphatic carbocycles. The van der Waals surface area contributed by atoms with Gasteiger partial charge < -0.3 is 10.4 Å². The smallest absolute Gasteiger partial charge is 0.256 e. The van der Waals surface area contributed by atoms with Gasteiger partial charge in [0.2, 0.25) is 0 Å². The van der Waals surface area contributed by atoms with Gasteiger partial charge in [-0.25, -0.2) is 4.99 Å². The zero-order valence-electron chi connectivity index (χ0n) is 12.0. The van der Waals surface area contributed by atoms with Crippen molar-refractivity contribution in [3.63, 3.8) is 0 Å². The molecule has 3 rings (SSSR count). The van der Waals surface area contributed by atoms with Crippen LogP contribution in [-0.2, 0) is 0 Å². The van der Waals surface area contributed by atoms with Crippen molar-refractivity contribution in [3.05, 3.63) is 71.8 Å². The lowest BCUT2D eigenvalue weighted by Gasteiger charge is -2.14. The van der Waals surface area contributed by atoms with Crippen molar-refractivity contribution in [3.8, 4) is 5.75 Å². The molecule has 0 aromatic heterocycles. The average Bonchev–Trinajstić information content (AvgIpc) is 2.56. The van der Waals surface area contributed by atoms with Crippen LogP contribution in [0.15, 0.2) is 65.7 Å². The van der Waals surface area contributed by atoms with Gasteiger partial charge in [-0.2, -0.15) is 0 Å². The van der Waals surface area contributed by atoms with E-state index in [1.165, 1.54) is 12.1 Å². The highest BCUT2D eigenvalue weighted by atomic mass is 16.3. The van der Waals surface area contributed by atoms with Crippen molar-refractivity contribution in [1.29, 1.82) is 0 Å². The van der Waals surface area contributed by atoms with E-state index in [2.05, 4.69) is 16.4 Å². The molecule has 1 heterocycles. The Morgan fingerprint density at radius 2 is 1.77 bits per heavy atom. The Hall–Kier alpha value is -2.88. The Morgan fingerprint density at radius 3 is 2.50 bits per heavy atom. The van der Waals surface area contributed by atoms with Crippen LogP contribution in [0.2, 0.25) is 0 Å².